The van der Waals surface area contributed by atoms with Crippen molar-refractivity contribution in [1.29, 1.82) is 0 Å². The maximum absolute atomic E-state index is 12.8. The summed E-state index contributed by atoms with van der Waals surface area (Å²) in [6, 6.07) is 10.3. The van der Waals surface area contributed by atoms with Gasteiger partial charge in [0, 0.05) is 24.5 Å². The van der Waals surface area contributed by atoms with Crippen LogP contribution in [0.2, 0.25) is 0 Å². The van der Waals surface area contributed by atoms with Gasteiger partial charge in [0.15, 0.2) is 0 Å². The summed E-state index contributed by atoms with van der Waals surface area (Å²) < 4.78 is 5.35. The predicted octanol–water partition coefficient (Wildman–Crippen LogP) is 3.28. The van der Waals surface area contributed by atoms with E-state index in [2.05, 4.69) is 50.0 Å². The van der Waals surface area contributed by atoms with Gasteiger partial charge in [0.1, 0.15) is 5.54 Å². The SMILES string of the molecule is CCOC(=O)C1(NC(C)=O)CC(C)(C)N(Cc2ccccc2)C(C)(C)C1. The second-order valence-electron chi connectivity index (χ2n) is 8.53. The van der Waals surface area contributed by atoms with Crippen molar-refractivity contribution < 1.29 is 14.3 Å². The van der Waals surface area contributed by atoms with Crippen molar-refractivity contribution >= 4 is 11.9 Å². The maximum atomic E-state index is 12.8. The van der Waals surface area contributed by atoms with Crippen LogP contribution in [0.25, 0.3) is 0 Å². The molecular weight excluding hydrogens is 328 g/mol. The van der Waals surface area contributed by atoms with Gasteiger partial charge in [0.2, 0.25) is 5.91 Å². The van der Waals surface area contributed by atoms with Crippen LogP contribution in [0, 0.1) is 0 Å². The molecule has 0 radical (unpaired) electrons. The summed E-state index contributed by atoms with van der Waals surface area (Å²) in [6.07, 6.45) is 1.02. The van der Waals surface area contributed by atoms with Crippen LogP contribution in [0.4, 0.5) is 0 Å². The molecule has 1 heterocycles. The van der Waals surface area contributed by atoms with Gasteiger partial charge in [-0.05, 0) is 53.0 Å². The van der Waals surface area contributed by atoms with E-state index >= 15 is 0 Å². The Balaban J connectivity index is 2.39. The van der Waals surface area contributed by atoms with Gasteiger partial charge in [0.25, 0.3) is 0 Å². The van der Waals surface area contributed by atoms with Crippen LogP contribution in [0.3, 0.4) is 0 Å². The molecule has 0 aliphatic carbocycles. The van der Waals surface area contributed by atoms with E-state index in [1.54, 1.807) is 6.92 Å². The highest BCUT2D eigenvalue weighted by molar-refractivity contribution is 5.87. The van der Waals surface area contributed by atoms with Crippen LogP contribution in [0.15, 0.2) is 30.3 Å². The largest absolute Gasteiger partial charge is 0.464 e. The zero-order chi connectivity index (χ0) is 19.6. The number of hydrogen-bond acceptors (Lipinski definition) is 4. The molecule has 0 unspecified atom stereocenters. The van der Waals surface area contributed by atoms with E-state index in [0.717, 1.165) is 6.54 Å². The quantitative estimate of drug-likeness (QED) is 0.819. The molecule has 5 nitrogen and oxygen atoms in total. The molecule has 26 heavy (non-hydrogen) atoms. The van der Waals surface area contributed by atoms with E-state index in [0.29, 0.717) is 19.4 Å². The van der Waals surface area contributed by atoms with Gasteiger partial charge in [-0.25, -0.2) is 4.79 Å². The average molecular weight is 360 g/mol. The number of rotatable bonds is 5. The summed E-state index contributed by atoms with van der Waals surface area (Å²) in [5, 5.41) is 2.94. The van der Waals surface area contributed by atoms with Crippen molar-refractivity contribution in [1.82, 2.24) is 10.2 Å². The molecule has 0 saturated carbocycles. The van der Waals surface area contributed by atoms with Crippen molar-refractivity contribution in [2.45, 2.75) is 77.5 Å². The number of benzene rings is 1. The molecule has 2 rings (SSSR count). The van der Waals surface area contributed by atoms with Gasteiger partial charge in [-0.15, -0.1) is 0 Å². The van der Waals surface area contributed by atoms with Crippen LogP contribution >= 0.6 is 0 Å². The van der Waals surface area contributed by atoms with E-state index in [-0.39, 0.29) is 23.0 Å². The van der Waals surface area contributed by atoms with Crippen molar-refractivity contribution in [2.75, 3.05) is 6.61 Å². The summed E-state index contributed by atoms with van der Waals surface area (Å²) in [6.45, 7) is 12.9. The van der Waals surface area contributed by atoms with Crippen LogP contribution in [0.5, 0.6) is 0 Å². The van der Waals surface area contributed by atoms with Gasteiger partial charge in [-0.2, -0.15) is 0 Å². The lowest BCUT2D eigenvalue weighted by Crippen LogP contribution is -2.71. The second-order valence-corrected chi connectivity index (χ2v) is 8.53. The third-order valence-corrected chi connectivity index (χ3v) is 5.20. The first-order valence-electron chi connectivity index (χ1n) is 9.30. The number of hydrogen-bond donors (Lipinski definition) is 1. The summed E-state index contributed by atoms with van der Waals surface area (Å²) in [5.41, 5.74) is -0.362. The zero-order valence-electron chi connectivity index (χ0n) is 16.9. The lowest BCUT2D eigenvalue weighted by Gasteiger charge is -2.58. The number of carbonyl (C=O) groups is 2. The molecule has 5 heteroatoms. The molecule has 1 aromatic carbocycles. The minimum absolute atomic E-state index is 0.207. The first-order chi connectivity index (χ1) is 12.0. The fourth-order valence-electron chi connectivity index (χ4n) is 4.63. The standard InChI is InChI=1S/C21H32N2O3/c1-7-26-18(25)21(22-16(2)24)14-19(3,4)23(20(5,6)15-21)13-17-11-9-8-10-12-17/h8-12H,7,13-15H2,1-6H3,(H,22,24). The van der Waals surface area contributed by atoms with Crippen molar-refractivity contribution in [3.63, 3.8) is 0 Å². The topological polar surface area (TPSA) is 58.6 Å². The molecule has 1 aromatic rings. The fraction of sp³-hybridized carbons (Fsp3) is 0.619. The van der Waals surface area contributed by atoms with Crippen LogP contribution in [-0.2, 0) is 20.9 Å². The number of likely N-dealkylation sites (tertiary alicyclic amines) is 1. The number of esters is 1. The Hall–Kier alpha value is -1.88. The average Bonchev–Trinajstić information content (AvgIpc) is 2.51. The highest BCUT2D eigenvalue weighted by atomic mass is 16.5. The molecule has 0 atom stereocenters. The fourth-order valence-corrected chi connectivity index (χ4v) is 4.63. The van der Waals surface area contributed by atoms with Crippen molar-refractivity contribution in [3.8, 4) is 0 Å². The lowest BCUT2D eigenvalue weighted by atomic mass is 9.68. The third kappa shape index (κ3) is 4.26. The maximum Gasteiger partial charge on any atom is 0.331 e. The first-order valence-corrected chi connectivity index (χ1v) is 9.30. The number of piperidine rings is 1. The first kappa shape index (κ1) is 20.4. The molecular formula is C21H32N2O3. The van der Waals surface area contributed by atoms with E-state index in [1.807, 2.05) is 18.2 Å². The predicted molar refractivity (Wildman–Crippen MR) is 103 cm³/mol. The molecule has 0 spiro atoms. The van der Waals surface area contributed by atoms with Crippen LogP contribution in [0.1, 0.15) is 59.9 Å². The Labute approximate surface area is 157 Å². The Morgan fingerprint density at radius 3 is 2.08 bits per heavy atom. The molecule has 1 saturated heterocycles. The Morgan fingerprint density at radius 2 is 1.62 bits per heavy atom. The van der Waals surface area contributed by atoms with Gasteiger partial charge < -0.3 is 10.1 Å². The lowest BCUT2D eigenvalue weighted by molar-refractivity contribution is -0.165. The molecule has 1 amide bonds. The number of amides is 1. The van der Waals surface area contributed by atoms with Gasteiger partial charge in [0.05, 0.1) is 6.61 Å². The second kappa shape index (κ2) is 7.39. The zero-order valence-corrected chi connectivity index (χ0v) is 16.9. The normalized spacial score (nSPS) is 21.0. The van der Waals surface area contributed by atoms with E-state index in [4.69, 9.17) is 4.74 Å². The monoisotopic (exact) mass is 360 g/mol. The highest BCUT2D eigenvalue weighted by Crippen LogP contribution is 2.45. The molecule has 1 fully saturated rings. The molecule has 1 aliphatic heterocycles. The number of nitrogens with zero attached hydrogens (tertiary/aromatic N) is 1. The Bertz CT molecular complexity index is 634. The highest BCUT2D eigenvalue weighted by Gasteiger charge is 2.56. The Kier molecular flexibility index (Phi) is 5.81. The van der Waals surface area contributed by atoms with Gasteiger partial charge >= 0.3 is 5.97 Å². The number of carbonyl (C=O) groups excluding carboxylic acids is 2. The molecule has 1 N–H and O–H groups in total. The molecule has 0 aromatic heterocycles. The third-order valence-electron chi connectivity index (χ3n) is 5.20. The number of nitrogens with one attached hydrogen (secondary N) is 1. The van der Waals surface area contributed by atoms with Crippen LogP contribution in [-0.4, -0.2) is 40.0 Å². The van der Waals surface area contributed by atoms with Gasteiger partial charge in [-0.1, -0.05) is 30.3 Å². The molecule has 144 valence electrons. The molecule has 0 bridgehead atoms. The number of ether oxygens (including phenoxy) is 1. The van der Waals surface area contributed by atoms with Crippen LogP contribution < -0.4 is 5.32 Å². The van der Waals surface area contributed by atoms with E-state index < -0.39 is 5.54 Å². The van der Waals surface area contributed by atoms with E-state index in [9.17, 15) is 9.59 Å². The summed E-state index contributed by atoms with van der Waals surface area (Å²) in [4.78, 5) is 27.2. The van der Waals surface area contributed by atoms with Crippen molar-refractivity contribution in [2.24, 2.45) is 0 Å². The van der Waals surface area contributed by atoms with Crippen molar-refractivity contribution in [3.05, 3.63) is 35.9 Å². The minimum atomic E-state index is -0.998. The van der Waals surface area contributed by atoms with Gasteiger partial charge in [-0.3, -0.25) is 9.69 Å². The smallest absolute Gasteiger partial charge is 0.331 e. The summed E-state index contributed by atoms with van der Waals surface area (Å²) >= 11 is 0. The Morgan fingerprint density at radius 1 is 1.08 bits per heavy atom. The summed E-state index contributed by atoms with van der Waals surface area (Å²) in [5.74, 6) is -0.545. The van der Waals surface area contributed by atoms with E-state index in [1.165, 1.54) is 12.5 Å². The summed E-state index contributed by atoms with van der Waals surface area (Å²) in [7, 11) is 0. The minimum Gasteiger partial charge on any atom is -0.464 e. The molecule has 1 aliphatic rings.